The lowest BCUT2D eigenvalue weighted by atomic mass is 10.7. The number of nitrogens with zero attached hydrogens (tertiary/aromatic N) is 2. The molecule has 0 aliphatic heterocycles. The van der Waals surface area contributed by atoms with E-state index in [1.54, 1.807) is 4.68 Å². The van der Waals surface area contributed by atoms with Gasteiger partial charge in [-0.2, -0.15) is 5.10 Å². The Morgan fingerprint density at radius 3 is 2.86 bits per heavy atom. The van der Waals surface area contributed by atoms with Crippen LogP contribution in [0, 0.1) is 0 Å². The van der Waals surface area contributed by atoms with Crippen molar-refractivity contribution in [1.29, 1.82) is 0 Å². The van der Waals surface area contributed by atoms with Crippen LogP contribution in [0.1, 0.15) is 6.92 Å². The average molecular weight is 218 g/mol. The summed E-state index contributed by atoms with van der Waals surface area (Å²) in [5.41, 5.74) is 5.20. The molecule has 7 heteroatoms. The Hall–Kier alpha value is -0.920. The van der Waals surface area contributed by atoms with Gasteiger partial charge < -0.3 is 5.73 Å². The van der Waals surface area contributed by atoms with Crippen LogP contribution in [-0.4, -0.2) is 31.3 Å². The van der Waals surface area contributed by atoms with E-state index in [4.69, 9.17) is 5.73 Å². The van der Waals surface area contributed by atoms with Crippen molar-refractivity contribution in [3.05, 3.63) is 12.4 Å². The molecule has 0 saturated heterocycles. The molecular weight excluding hydrogens is 204 g/mol. The molecule has 0 bridgehead atoms. The lowest BCUT2D eigenvalue weighted by Gasteiger charge is -2.01. The van der Waals surface area contributed by atoms with E-state index in [-0.39, 0.29) is 18.0 Å². The molecule has 0 aliphatic rings. The molecule has 1 rings (SSSR count). The summed E-state index contributed by atoms with van der Waals surface area (Å²) in [5.74, 6) is 0. The van der Waals surface area contributed by atoms with E-state index < -0.39 is 10.0 Å². The van der Waals surface area contributed by atoms with Gasteiger partial charge in [0.1, 0.15) is 4.90 Å². The van der Waals surface area contributed by atoms with Crippen LogP contribution in [0.3, 0.4) is 0 Å². The van der Waals surface area contributed by atoms with Gasteiger partial charge in [-0.3, -0.25) is 4.68 Å². The van der Waals surface area contributed by atoms with Crippen LogP contribution in [0.5, 0.6) is 0 Å². The van der Waals surface area contributed by atoms with Gasteiger partial charge in [-0.1, -0.05) is 0 Å². The van der Waals surface area contributed by atoms with Crippen molar-refractivity contribution in [1.82, 2.24) is 14.5 Å². The van der Waals surface area contributed by atoms with Crippen LogP contribution in [0.15, 0.2) is 17.3 Å². The van der Waals surface area contributed by atoms with Crippen LogP contribution < -0.4 is 10.5 Å². The summed E-state index contributed by atoms with van der Waals surface area (Å²) >= 11 is 0. The van der Waals surface area contributed by atoms with E-state index in [0.717, 1.165) is 0 Å². The second kappa shape index (κ2) is 4.54. The summed E-state index contributed by atoms with van der Waals surface area (Å²) in [6, 6.07) is 0. The number of hydrogen-bond acceptors (Lipinski definition) is 4. The molecule has 0 amide bonds. The molecule has 14 heavy (non-hydrogen) atoms. The zero-order valence-electron chi connectivity index (χ0n) is 7.97. The molecule has 1 aromatic rings. The van der Waals surface area contributed by atoms with Crippen molar-refractivity contribution < 1.29 is 8.42 Å². The second-order valence-corrected chi connectivity index (χ2v) is 4.49. The van der Waals surface area contributed by atoms with Crippen molar-refractivity contribution in [2.24, 2.45) is 5.73 Å². The number of sulfonamides is 1. The van der Waals surface area contributed by atoms with Gasteiger partial charge in [0.25, 0.3) is 0 Å². The van der Waals surface area contributed by atoms with Gasteiger partial charge in [-0.05, 0) is 6.92 Å². The Labute approximate surface area is 83.1 Å². The normalized spacial score (nSPS) is 11.9. The topological polar surface area (TPSA) is 90.0 Å². The van der Waals surface area contributed by atoms with Gasteiger partial charge in [-0.15, -0.1) is 0 Å². The molecule has 0 aromatic carbocycles. The first kappa shape index (κ1) is 11.2. The minimum absolute atomic E-state index is 0.174. The standard InChI is InChI=1S/C7H14N4O2S/c1-2-11-6-7(5-9-11)14(12,13)10-4-3-8/h5-6,10H,2-4,8H2,1H3. The molecule has 0 unspecified atom stereocenters. The zero-order valence-corrected chi connectivity index (χ0v) is 8.79. The summed E-state index contributed by atoms with van der Waals surface area (Å²) < 4.78 is 26.9. The number of aryl methyl sites for hydroxylation is 1. The predicted octanol–water partition coefficient (Wildman–Crippen LogP) is -0.860. The molecule has 0 radical (unpaired) electrons. The molecule has 1 aromatic heterocycles. The fraction of sp³-hybridized carbons (Fsp3) is 0.571. The molecule has 1 heterocycles. The average Bonchev–Trinajstić information content (AvgIpc) is 2.63. The predicted molar refractivity (Wildman–Crippen MR) is 52.1 cm³/mol. The Balaban J connectivity index is 2.81. The maximum atomic E-state index is 11.5. The first-order chi connectivity index (χ1) is 6.60. The quantitative estimate of drug-likeness (QED) is 0.673. The number of aromatic nitrogens is 2. The minimum atomic E-state index is -3.43. The summed E-state index contributed by atoms with van der Waals surface area (Å²) in [5, 5.41) is 3.88. The van der Waals surface area contributed by atoms with Gasteiger partial charge in [-0.25, -0.2) is 13.1 Å². The lowest BCUT2D eigenvalue weighted by molar-refractivity contribution is 0.581. The molecule has 80 valence electrons. The van der Waals surface area contributed by atoms with Crippen LogP contribution in [0.25, 0.3) is 0 Å². The van der Waals surface area contributed by atoms with Gasteiger partial charge in [0.2, 0.25) is 10.0 Å². The summed E-state index contributed by atoms with van der Waals surface area (Å²) in [7, 11) is -3.43. The molecule has 0 fully saturated rings. The van der Waals surface area contributed by atoms with E-state index in [1.165, 1.54) is 12.4 Å². The molecule has 0 saturated carbocycles. The third-order valence-corrected chi connectivity index (χ3v) is 3.10. The van der Waals surface area contributed by atoms with Crippen LogP contribution in [0.4, 0.5) is 0 Å². The van der Waals surface area contributed by atoms with Crippen molar-refractivity contribution in [3.8, 4) is 0 Å². The molecule has 0 spiro atoms. The number of rotatable bonds is 5. The fourth-order valence-corrected chi connectivity index (χ4v) is 1.93. The maximum Gasteiger partial charge on any atom is 0.243 e. The largest absolute Gasteiger partial charge is 0.329 e. The van der Waals surface area contributed by atoms with E-state index in [2.05, 4.69) is 9.82 Å². The van der Waals surface area contributed by atoms with E-state index >= 15 is 0 Å². The Kier molecular flexibility index (Phi) is 3.62. The first-order valence-electron chi connectivity index (χ1n) is 4.32. The minimum Gasteiger partial charge on any atom is -0.329 e. The van der Waals surface area contributed by atoms with Crippen LogP contribution in [-0.2, 0) is 16.6 Å². The van der Waals surface area contributed by atoms with Crippen molar-refractivity contribution >= 4 is 10.0 Å². The van der Waals surface area contributed by atoms with Gasteiger partial charge in [0.15, 0.2) is 0 Å². The van der Waals surface area contributed by atoms with Crippen LogP contribution in [0.2, 0.25) is 0 Å². The molecule has 6 nitrogen and oxygen atoms in total. The highest BCUT2D eigenvalue weighted by molar-refractivity contribution is 7.89. The van der Waals surface area contributed by atoms with Gasteiger partial charge in [0, 0.05) is 25.8 Å². The summed E-state index contributed by atoms with van der Waals surface area (Å²) in [6.45, 7) is 3.05. The first-order valence-corrected chi connectivity index (χ1v) is 5.80. The van der Waals surface area contributed by atoms with Crippen molar-refractivity contribution in [3.63, 3.8) is 0 Å². The van der Waals surface area contributed by atoms with E-state index in [1.807, 2.05) is 6.92 Å². The SMILES string of the molecule is CCn1cc(S(=O)(=O)NCCN)cn1. The second-order valence-electron chi connectivity index (χ2n) is 2.72. The Morgan fingerprint density at radius 1 is 1.64 bits per heavy atom. The fourth-order valence-electron chi connectivity index (χ4n) is 0.933. The monoisotopic (exact) mass is 218 g/mol. The Morgan fingerprint density at radius 2 is 2.36 bits per heavy atom. The zero-order chi connectivity index (χ0) is 10.6. The molecular formula is C7H14N4O2S. The summed E-state index contributed by atoms with van der Waals surface area (Å²) in [4.78, 5) is 0.174. The molecule has 0 atom stereocenters. The van der Waals surface area contributed by atoms with Gasteiger partial charge in [0.05, 0.1) is 6.20 Å². The van der Waals surface area contributed by atoms with Crippen LogP contribution >= 0.6 is 0 Å². The molecule has 0 aliphatic carbocycles. The highest BCUT2D eigenvalue weighted by Gasteiger charge is 2.14. The van der Waals surface area contributed by atoms with E-state index in [9.17, 15) is 8.42 Å². The maximum absolute atomic E-state index is 11.5. The van der Waals surface area contributed by atoms with Gasteiger partial charge >= 0.3 is 0 Å². The van der Waals surface area contributed by atoms with E-state index in [0.29, 0.717) is 6.54 Å². The highest BCUT2D eigenvalue weighted by atomic mass is 32.2. The number of hydrogen-bond donors (Lipinski definition) is 2. The lowest BCUT2D eigenvalue weighted by Crippen LogP contribution is -2.28. The number of nitrogens with two attached hydrogens (primary N) is 1. The molecule has 3 N–H and O–H groups in total. The van der Waals surface area contributed by atoms with Crippen molar-refractivity contribution in [2.75, 3.05) is 13.1 Å². The Bertz CT molecular complexity index is 384. The highest BCUT2D eigenvalue weighted by Crippen LogP contribution is 2.05. The number of nitrogens with one attached hydrogen (secondary N) is 1. The third kappa shape index (κ3) is 2.53. The summed E-state index contributed by atoms with van der Waals surface area (Å²) in [6.07, 6.45) is 2.81. The van der Waals surface area contributed by atoms with Crippen molar-refractivity contribution in [2.45, 2.75) is 18.4 Å². The third-order valence-electron chi connectivity index (χ3n) is 1.68. The smallest absolute Gasteiger partial charge is 0.243 e.